The fourth-order valence-corrected chi connectivity index (χ4v) is 1.02. The van der Waals surface area contributed by atoms with Crippen LogP contribution in [-0.4, -0.2) is 27.1 Å². The number of alkyl halides is 1. The molecule has 0 spiro atoms. The van der Waals surface area contributed by atoms with Crippen molar-refractivity contribution in [1.82, 2.24) is 15.2 Å². The summed E-state index contributed by atoms with van der Waals surface area (Å²) in [5, 5.41) is 11.1. The van der Waals surface area contributed by atoms with Gasteiger partial charge in [-0.05, 0) is 27.2 Å². The number of aromatic nitrogens is 3. The molecule has 1 aromatic heterocycles. The van der Waals surface area contributed by atoms with Gasteiger partial charge in [-0.2, -0.15) is 5.10 Å². The minimum absolute atomic E-state index is 0.169. The molecule has 1 heterocycles. The highest BCUT2D eigenvalue weighted by Gasteiger charge is 2.01. The summed E-state index contributed by atoms with van der Waals surface area (Å²) in [5.41, 5.74) is 1.77. The van der Waals surface area contributed by atoms with Crippen LogP contribution in [0, 0.1) is 13.8 Å². The van der Waals surface area contributed by atoms with E-state index in [1.54, 1.807) is 0 Å². The molecule has 1 rings (SSSR count). The average Bonchev–Trinajstić information content (AvgIpc) is 2.10. The molecule has 0 saturated carbocycles. The molecule has 14 heavy (non-hydrogen) atoms. The van der Waals surface area contributed by atoms with Crippen molar-refractivity contribution in [2.75, 3.05) is 11.9 Å². The maximum atomic E-state index is 5.80. The summed E-state index contributed by atoms with van der Waals surface area (Å²) in [6, 6.07) is 0. The number of anilines is 1. The minimum Gasteiger partial charge on any atom is -0.353 e. The van der Waals surface area contributed by atoms with Crippen molar-refractivity contribution in [2.45, 2.75) is 32.6 Å². The molecule has 0 bridgehead atoms. The lowest BCUT2D eigenvalue weighted by atomic mass is 10.3. The van der Waals surface area contributed by atoms with Crippen LogP contribution in [0.15, 0.2) is 0 Å². The number of halogens is 1. The quantitative estimate of drug-likeness (QED) is 0.779. The van der Waals surface area contributed by atoms with Gasteiger partial charge in [0.15, 0.2) is 0 Å². The highest BCUT2D eigenvalue weighted by molar-refractivity contribution is 6.20. The van der Waals surface area contributed by atoms with Gasteiger partial charge in [-0.3, -0.25) is 0 Å². The molecule has 0 aromatic carbocycles. The normalized spacial score (nSPS) is 12.6. The van der Waals surface area contributed by atoms with Gasteiger partial charge in [0.2, 0.25) is 5.95 Å². The van der Waals surface area contributed by atoms with Crippen LogP contribution < -0.4 is 5.32 Å². The maximum Gasteiger partial charge on any atom is 0.242 e. The smallest absolute Gasteiger partial charge is 0.242 e. The van der Waals surface area contributed by atoms with E-state index in [1.165, 1.54) is 0 Å². The van der Waals surface area contributed by atoms with E-state index in [0.29, 0.717) is 5.95 Å². The first-order chi connectivity index (χ1) is 6.59. The summed E-state index contributed by atoms with van der Waals surface area (Å²) in [6.07, 6.45) is 0.887. The standard InChI is InChI=1S/C9H15ClN4/c1-6(10)4-5-11-9-12-7(2)8(3)13-14-9/h6H,4-5H2,1-3H3,(H,11,12,14). The molecule has 0 radical (unpaired) electrons. The third kappa shape index (κ3) is 3.46. The molecule has 78 valence electrons. The van der Waals surface area contributed by atoms with E-state index in [-0.39, 0.29) is 5.38 Å². The Morgan fingerprint density at radius 2 is 2.00 bits per heavy atom. The fraction of sp³-hybridized carbons (Fsp3) is 0.667. The summed E-state index contributed by atoms with van der Waals surface area (Å²) < 4.78 is 0. The van der Waals surface area contributed by atoms with Crippen LogP contribution in [0.2, 0.25) is 0 Å². The van der Waals surface area contributed by atoms with E-state index >= 15 is 0 Å². The maximum absolute atomic E-state index is 5.80. The van der Waals surface area contributed by atoms with Crippen LogP contribution in [0.3, 0.4) is 0 Å². The minimum atomic E-state index is 0.169. The van der Waals surface area contributed by atoms with E-state index in [4.69, 9.17) is 11.6 Å². The topological polar surface area (TPSA) is 50.7 Å². The highest BCUT2D eigenvalue weighted by atomic mass is 35.5. The lowest BCUT2D eigenvalue weighted by molar-refractivity contribution is 0.817. The first kappa shape index (κ1) is 11.2. The van der Waals surface area contributed by atoms with E-state index in [9.17, 15) is 0 Å². The molecule has 0 saturated heterocycles. The van der Waals surface area contributed by atoms with E-state index in [1.807, 2.05) is 20.8 Å². The fourth-order valence-electron chi connectivity index (χ4n) is 0.915. The molecule has 4 nitrogen and oxygen atoms in total. The molecule has 1 unspecified atom stereocenters. The molecule has 1 aromatic rings. The third-order valence-corrected chi connectivity index (χ3v) is 2.14. The molecule has 0 amide bonds. The molecule has 5 heteroatoms. The largest absolute Gasteiger partial charge is 0.353 e. The van der Waals surface area contributed by atoms with Gasteiger partial charge < -0.3 is 5.32 Å². The zero-order chi connectivity index (χ0) is 10.6. The number of nitrogens with one attached hydrogen (secondary N) is 1. The molecule has 0 fully saturated rings. The molecular weight excluding hydrogens is 200 g/mol. The molecule has 1 atom stereocenters. The predicted octanol–water partition coefficient (Wildman–Crippen LogP) is 1.92. The number of nitrogens with zero attached hydrogens (tertiary/aromatic N) is 3. The number of aryl methyl sites for hydroxylation is 2. The SMILES string of the molecule is Cc1nnc(NCCC(C)Cl)nc1C. The van der Waals surface area contributed by atoms with Crippen LogP contribution in [0.5, 0.6) is 0 Å². The van der Waals surface area contributed by atoms with Crippen molar-refractivity contribution < 1.29 is 0 Å². The zero-order valence-corrected chi connectivity index (χ0v) is 9.47. The van der Waals surface area contributed by atoms with Crippen LogP contribution in [-0.2, 0) is 0 Å². The summed E-state index contributed by atoms with van der Waals surface area (Å²) >= 11 is 5.80. The van der Waals surface area contributed by atoms with E-state index in [0.717, 1.165) is 24.4 Å². The molecule has 0 aliphatic carbocycles. The Bertz CT molecular complexity index is 301. The molecule has 0 aliphatic heterocycles. The second-order valence-electron chi connectivity index (χ2n) is 3.30. The van der Waals surface area contributed by atoms with Gasteiger partial charge in [0.05, 0.1) is 11.4 Å². The van der Waals surface area contributed by atoms with Crippen LogP contribution in [0.25, 0.3) is 0 Å². The van der Waals surface area contributed by atoms with Crippen molar-refractivity contribution in [3.8, 4) is 0 Å². The predicted molar refractivity (Wildman–Crippen MR) is 57.7 cm³/mol. The van der Waals surface area contributed by atoms with Crippen LogP contribution in [0.1, 0.15) is 24.7 Å². The van der Waals surface area contributed by atoms with Gasteiger partial charge in [0.1, 0.15) is 0 Å². The van der Waals surface area contributed by atoms with Gasteiger partial charge in [-0.25, -0.2) is 4.98 Å². The monoisotopic (exact) mass is 214 g/mol. The Kier molecular flexibility index (Phi) is 4.07. The summed E-state index contributed by atoms with van der Waals surface area (Å²) in [5.74, 6) is 0.574. The molecule has 0 aliphatic rings. The lowest BCUT2D eigenvalue weighted by Crippen LogP contribution is -2.10. The van der Waals surface area contributed by atoms with Gasteiger partial charge in [-0.1, -0.05) is 0 Å². The Hall–Kier alpha value is -0.900. The second kappa shape index (κ2) is 5.10. The van der Waals surface area contributed by atoms with Gasteiger partial charge >= 0.3 is 0 Å². The number of hydrogen-bond donors (Lipinski definition) is 1. The summed E-state index contributed by atoms with van der Waals surface area (Å²) in [6.45, 7) is 6.54. The van der Waals surface area contributed by atoms with Crippen molar-refractivity contribution >= 4 is 17.5 Å². The Morgan fingerprint density at radius 3 is 2.57 bits per heavy atom. The van der Waals surface area contributed by atoms with Gasteiger partial charge in [0.25, 0.3) is 0 Å². The van der Waals surface area contributed by atoms with Crippen molar-refractivity contribution in [3.63, 3.8) is 0 Å². The van der Waals surface area contributed by atoms with E-state index < -0.39 is 0 Å². The second-order valence-corrected chi connectivity index (χ2v) is 4.05. The summed E-state index contributed by atoms with van der Waals surface area (Å²) in [4.78, 5) is 4.24. The number of rotatable bonds is 4. The van der Waals surface area contributed by atoms with Crippen molar-refractivity contribution in [2.24, 2.45) is 0 Å². The van der Waals surface area contributed by atoms with Gasteiger partial charge in [0, 0.05) is 11.9 Å². The first-order valence-corrected chi connectivity index (χ1v) is 5.09. The highest BCUT2D eigenvalue weighted by Crippen LogP contribution is 2.03. The third-order valence-electron chi connectivity index (χ3n) is 1.92. The van der Waals surface area contributed by atoms with Gasteiger partial charge in [-0.15, -0.1) is 16.7 Å². The van der Waals surface area contributed by atoms with Crippen molar-refractivity contribution in [1.29, 1.82) is 0 Å². The summed E-state index contributed by atoms with van der Waals surface area (Å²) in [7, 11) is 0. The molecular formula is C9H15ClN4. The van der Waals surface area contributed by atoms with E-state index in [2.05, 4.69) is 20.5 Å². The van der Waals surface area contributed by atoms with Crippen LogP contribution >= 0.6 is 11.6 Å². The molecule has 1 N–H and O–H groups in total. The van der Waals surface area contributed by atoms with Crippen molar-refractivity contribution in [3.05, 3.63) is 11.4 Å². The Labute approximate surface area is 89.1 Å². The zero-order valence-electron chi connectivity index (χ0n) is 8.71. The first-order valence-electron chi connectivity index (χ1n) is 4.65. The van der Waals surface area contributed by atoms with Crippen LogP contribution in [0.4, 0.5) is 5.95 Å². The Balaban J connectivity index is 2.47. The Morgan fingerprint density at radius 1 is 1.29 bits per heavy atom. The lowest BCUT2D eigenvalue weighted by Gasteiger charge is -2.06. The average molecular weight is 215 g/mol. The number of hydrogen-bond acceptors (Lipinski definition) is 4.